The van der Waals surface area contributed by atoms with Gasteiger partial charge in [0, 0.05) is 7.11 Å². The smallest absolute Gasteiger partial charge is 0.0765 e. The summed E-state index contributed by atoms with van der Waals surface area (Å²) in [6.45, 7) is 7.56. The summed E-state index contributed by atoms with van der Waals surface area (Å²) in [4.78, 5) is 0. The maximum Gasteiger partial charge on any atom is 0.0765 e. The van der Waals surface area contributed by atoms with Gasteiger partial charge in [-0.2, -0.15) is 0 Å². The largest absolute Gasteiger partial charge is 0.379 e. The van der Waals surface area contributed by atoms with E-state index < -0.39 is 0 Å². The van der Waals surface area contributed by atoms with Crippen molar-refractivity contribution in [2.45, 2.75) is 58.6 Å². The molecule has 0 saturated carbocycles. The fourth-order valence-electron chi connectivity index (χ4n) is 2.62. The Bertz CT molecular complexity index is 351. The van der Waals surface area contributed by atoms with Crippen LogP contribution in [0.1, 0.15) is 57.2 Å². The number of nitrogens with one attached hydrogen (secondary N) is 1. The van der Waals surface area contributed by atoms with Gasteiger partial charge in [-0.3, -0.25) is 0 Å². The topological polar surface area (TPSA) is 21.3 Å². The Morgan fingerprint density at radius 2 is 1.95 bits per heavy atom. The second-order valence-electron chi connectivity index (χ2n) is 5.09. The first-order valence-electron chi connectivity index (χ1n) is 7.61. The van der Waals surface area contributed by atoms with E-state index in [2.05, 4.69) is 50.4 Å². The molecule has 19 heavy (non-hydrogen) atoms. The molecule has 0 fully saturated rings. The summed E-state index contributed by atoms with van der Waals surface area (Å²) in [5.74, 6) is 0. The van der Waals surface area contributed by atoms with Crippen LogP contribution >= 0.6 is 0 Å². The molecule has 0 heterocycles. The Balaban J connectivity index is 2.93. The van der Waals surface area contributed by atoms with Crippen LogP contribution in [0.2, 0.25) is 0 Å². The van der Waals surface area contributed by atoms with Crippen LogP contribution in [0.25, 0.3) is 0 Å². The minimum Gasteiger partial charge on any atom is -0.379 e. The highest BCUT2D eigenvalue weighted by atomic mass is 16.5. The van der Waals surface area contributed by atoms with Gasteiger partial charge < -0.3 is 10.1 Å². The summed E-state index contributed by atoms with van der Waals surface area (Å²) in [6.07, 6.45) is 4.83. The van der Waals surface area contributed by atoms with Crippen LogP contribution in [-0.4, -0.2) is 19.8 Å². The minimum absolute atomic E-state index is 0.252. The molecule has 0 radical (unpaired) electrons. The van der Waals surface area contributed by atoms with Crippen molar-refractivity contribution in [2.24, 2.45) is 0 Å². The summed E-state index contributed by atoms with van der Waals surface area (Å²) in [6, 6.07) is 9.24. The third kappa shape index (κ3) is 4.96. The number of ether oxygens (including phenoxy) is 1. The number of likely N-dealkylation sites (N-methyl/N-ethyl adjacent to an activating group) is 1. The van der Waals surface area contributed by atoms with Gasteiger partial charge in [-0.05, 0) is 30.5 Å². The monoisotopic (exact) mass is 263 g/mol. The van der Waals surface area contributed by atoms with Gasteiger partial charge >= 0.3 is 0 Å². The van der Waals surface area contributed by atoms with Gasteiger partial charge in [0.2, 0.25) is 0 Å². The zero-order chi connectivity index (χ0) is 14.1. The Labute approximate surface area is 118 Å². The number of rotatable bonds is 9. The normalized spacial score (nSPS) is 14.3. The van der Waals surface area contributed by atoms with E-state index in [9.17, 15) is 0 Å². The molecule has 0 amide bonds. The molecule has 2 unspecified atom stereocenters. The molecule has 0 aliphatic heterocycles. The highest BCUT2D eigenvalue weighted by molar-refractivity contribution is 5.27. The third-order valence-corrected chi connectivity index (χ3v) is 3.52. The van der Waals surface area contributed by atoms with Gasteiger partial charge in [-0.15, -0.1) is 0 Å². The van der Waals surface area contributed by atoms with Crippen molar-refractivity contribution in [1.29, 1.82) is 0 Å². The summed E-state index contributed by atoms with van der Waals surface area (Å²) in [5, 5.41) is 3.58. The second-order valence-corrected chi connectivity index (χ2v) is 5.09. The molecule has 2 atom stereocenters. The third-order valence-electron chi connectivity index (χ3n) is 3.52. The molecule has 0 bridgehead atoms. The highest BCUT2D eigenvalue weighted by Gasteiger charge is 2.21. The van der Waals surface area contributed by atoms with Gasteiger partial charge in [-0.25, -0.2) is 0 Å². The van der Waals surface area contributed by atoms with E-state index in [1.807, 2.05) is 7.11 Å². The van der Waals surface area contributed by atoms with Gasteiger partial charge in [0.05, 0.1) is 12.1 Å². The second kappa shape index (κ2) is 9.11. The molecule has 1 N–H and O–H groups in total. The van der Waals surface area contributed by atoms with Crippen LogP contribution in [0.4, 0.5) is 0 Å². The molecule has 0 spiro atoms. The lowest BCUT2D eigenvalue weighted by Gasteiger charge is -2.27. The van der Waals surface area contributed by atoms with Crippen LogP contribution in [0.5, 0.6) is 0 Å². The van der Waals surface area contributed by atoms with Crippen molar-refractivity contribution >= 4 is 0 Å². The fourth-order valence-corrected chi connectivity index (χ4v) is 2.62. The van der Waals surface area contributed by atoms with Crippen LogP contribution < -0.4 is 5.32 Å². The first-order chi connectivity index (χ1) is 9.26. The SMILES string of the molecule is CCCc1cccc(C(NCC)C(CCC)OC)c1. The van der Waals surface area contributed by atoms with Gasteiger partial charge in [0.1, 0.15) is 0 Å². The van der Waals surface area contributed by atoms with Crippen LogP contribution in [0.3, 0.4) is 0 Å². The lowest BCUT2D eigenvalue weighted by molar-refractivity contribution is 0.0611. The average molecular weight is 263 g/mol. The van der Waals surface area contributed by atoms with Crippen molar-refractivity contribution in [3.05, 3.63) is 35.4 Å². The standard InChI is InChI=1S/C17H29NO/c1-5-9-14-11-8-12-15(13-14)17(18-7-3)16(19-4)10-6-2/h8,11-13,16-18H,5-7,9-10H2,1-4H3. The van der Waals surface area contributed by atoms with Crippen molar-refractivity contribution in [1.82, 2.24) is 5.32 Å². The van der Waals surface area contributed by atoms with Gasteiger partial charge in [-0.1, -0.05) is 57.9 Å². The minimum atomic E-state index is 0.252. The molecule has 1 aromatic rings. The number of methoxy groups -OCH3 is 1. The van der Waals surface area contributed by atoms with Crippen molar-refractivity contribution in [2.75, 3.05) is 13.7 Å². The summed E-state index contributed by atoms with van der Waals surface area (Å²) >= 11 is 0. The molecule has 108 valence electrons. The Morgan fingerprint density at radius 3 is 2.53 bits per heavy atom. The molecule has 0 aliphatic rings. The van der Waals surface area contributed by atoms with Crippen LogP contribution in [0, 0.1) is 0 Å². The van der Waals surface area contributed by atoms with E-state index in [1.165, 1.54) is 17.5 Å². The van der Waals surface area contributed by atoms with Crippen molar-refractivity contribution < 1.29 is 4.74 Å². The van der Waals surface area contributed by atoms with E-state index in [4.69, 9.17) is 4.74 Å². The summed E-state index contributed by atoms with van der Waals surface area (Å²) in [7, 11) is 1.82. The van der Waals surface area contributed by atoms with Gasteiger partial charge in [0.15, 0.2) is 0 Å². The zero-order valence-electron chi connectivity index (χ0n) is 12.9. The molecule has 0 aromatic heterocycles. The highest BCUT2D eigenvalue weighted by Crippen LogP contribution is 2.23. The summed E-state index contributed by atoms with van der Waals surface area (Å²) < 4.78 is 5.70. The quantitative estimate of drug-likeness (QED) is 0.724. The summed E-state index contributed by atoms with van der Waals surface area (Å²) in [5.41, 5.74) is 2.78. The molecule has 0 aliphatic carbocycles. The number of benzene rings is 1. The first kappa shape index (κ1) is 16.2. The van der Waals surface area contributed by atoms with E-state index in [1.54, 1.807) is 0 Å². The number of hydrogen-bond donors (Lipinski definition) is 1. The zero-order valence-corrected chi connectivity index (χ0v) is 12.9. The van der Waals surface area contributed by atoms with E-state index in [-0.39, 0.29) is 6.10 Å². The number of hydrogen-bond acceptors (Lipinski definition) is 2. The maximum atomic E-state index is 5.70. The molecule has 0 saturated heterocycles. The van der Waals surface area contributed by atoms with Gasteiger partial charge in [0.25, 0.3) is 0 Å². The first-order valence-corrected chi connectivity index (χ1v) is 7.61. The Kier molecular flexibility index (Phi) is 7.76. The predicted octanol–water partition coefficient (Wildman–Crippen LogP) is 4.10. The lowest BCUT2D eigenvalue weighted by Crippen LogP contribution is -2.33. The van der Waals surface area contributed by atoms with E-state index in [0.29, 0.717) is 6.04 Å². The molecule has 1 aromatic carbocycles. The van der Waals surface area contributed by atoms with Crippen molar-refractivity contribution in [3.8, 4) is 0 Å². The van der Waals surface area contributed by atoms with E-state index in [0.717, 1.165) is 25.8 Å². The van der Waals surface area contributed by atoms with Crippen LogP contribution in [0.15, 0.2) is 24.3 Å². The fraction of sp³-hybridized carbons (Fsp3) is 0.647. The lowest BCUT2D eigenvalue weighted by atomic mass is 9.95. The Hall–Kier alpha value is -0.860. The average Bonchev–Trinajstić information content (AvgIpc) is 2.43. The number of aryl methyl sites for hydroxylation is 1. The van der Waals surface area contributed by atoms with Crippen LogP contribution in [-0.2, 0) is 11.2 Å². The molecule has 2 heteroatoms. The van der Waals surface area contributed by atoms with E-state index >= 15 is 0 Å². The maximum absolute atomic E-state index is 5.70. The van der Waals surface area contributed by atoms with Crippen molar-refractivity contribution in [3.63, 3.8) is 0 Å². The molecule has 1 rings (SSSR count). The molecular weight excluding hydrogens is 234 g/mol. The molecular formula is C17H29NO. The Morgan fingerprint density at radius 1 is 1.16 bits per heavy atom. The molecule has 2 nitrogen and oxygen atoms in total. The predicted molar refractivity (Wildman–Crippen MR) is 82.6 cm³/mol.